The van der Waals surface area contributed by atoms with Gasteiger partial charge >= 0.3 is 0 Å². The third-order valence-corrected chi connectivity index (χ3v) is 1.69. The Kier molecular flexibility index (Phi) is 3.72. The highest BCUT2D eigenvalue weighted by atomic mass is 32.1. The minimum Gasteiger partial charge on any atom is -0.507 e. The van der Waals surface area contributed by atoms with E-state index in [1.165, 1.54) is 24.4 Å². The molecular weight excluding hydrogens is 232 g/mol. The van der Waals surface area contributed by atoms with Crippen molar-refractivity contribution in [1.29, 1.82) is 0 Å². The van der Waals surface area contributed by atoms with Crippen molar-refractivity contribution in [2.75, 3.05) is 0 Å². The van der Waals surface area contributed by atoms with Crippen LogP contribution >= 0.6 is 12.2 Å². The second-order valence-corrected chi connectivity index (χ2v) is 3.17. The lowest BCUT2D eigenvalue weighted by Crippen LogP contribution is -2.23. The van der Waals surface area contributed by atoms with Gasteiger partial charge in [-0.15, -0.1) is 0 Å². The van der Waals surface area contributed by atoms with E-state index < -0.39 is 4.92 Å². The summed E-state index contributed by atoms with van der Waals surface area (Å²) in [5, 5.41) is 23.4. The number of rotatable bonds is 3. The summed E-state index contributed by atoms with van der Waals surface area (Å²) in [4.78, 5) is 9.90. The van der Waals surface area contributed by atoms with E-state index in [1.54, 1.807) is 0 Å². The van der Waals surface area contributed by atoms with E-state index in [0.29, 0.717) is 0 Å². The summed E-state index contributed by atoms with van der Waals surface area (Å²) < 4.78 is 0. The summed E-state index contributed by atoms with van der Waals surface area (Å²) in [5.74, 6) is -0.126. The summed E-state index contributed by atoms with van der Waals surface area (Å²) in [6, 6.07) is 3.58. The fraction of sp³-hybridized carbons (Fsp3) is 0. The molecular formula is C8H8N4O3S. The van der Waals surface area contributed by atoms with Gasteiger partial charge in [0.15, 0.2) is 5.11 Å². The van der Waals surface area contributed by atoms with Gasteiger partial charge in [-0.1, -0.05) is 0 Å². The zero-order valence-corrected chi connectivity index (χ0v) is 8.77. The summed E-state index contributed by atoms with van der Waals surface area (Å²) >= 11 is 4.49. The number of nitrogens with two attached hydrogens (primary N) is 1. The normalized spacial score (nSPS) is 10.2. The van der Waals surface area contributed by atoms with Gasteiger partial charge in [0, 0.05) is 17.7 Å². The Labute approximate surface area is 95.7 Å². The van der Waals surface area contributed by atoms with E-state index in [1.807, 2.05) is 0 Å². The molecule has 0 unspecified atom stereocenters. The van der Waals surface area contributed by atoms with Crippen LogP contribution in [0.2, 0.25) is 0 Å². The molecule has 0 heterocycles. The number of benzene rings is 1. The molecule has 0 aromatic heterocycles. The Balaban J connectivity index is 2.94. The van der Waals surface area contributed by atoms with E-state index in [-0.39, 0.29) is 22.1 Å². The van der Waals surface area contributed by atoms with Crippen LogP contribution in [0.4, 0.5) is 5.69 Å². The smallest absolute Gasteiger partial charge is 0.270 e. The number of hydrogen-bond donors (Lipinski definition) is 3. The molecule has 0 atom stereocenters. The van der Waals surface area contributed by atoms with Gasteiger partial charge in [-0.2, -0.15) is 5.10 Å². The van der Waals surface area contributed by atoms with Gasteiger partial charge in [0.05, 0.1) is 11.1 Å². The molecule has 0 fully saturated rings. The maximum atomic E-state index is 10.5. The molecule has 1 aromatic carbocycles. The minimum atomic E-state index is -0.572. The molecule has 4 N–H and O–H groups in total. The first-order valence-electron chi connectivity index (χ1n) is 4.06. The number of phenolic OH excluding ortho intramolecular Hbond substituents is 1. The summed E-state index contributed by atoms with van der Waals surface area (Å²) in [6.45, 7) is 0. The van der Waals surface area contributed by atoms with Gasteiger partial charge in [-0.25, -0.2) is 0 Å². The molecule has 0 saturated heterocycles. The molecule has 84 valence electrons. The third kappa shape index (κ3) is 3.17. The lowest BCUT2D eigenvalue weighted by molar-refractivity contribution is -0.384. The Morgan fingerprint density at radius 1 is 1.69 bits per heavy atom. The van der Waals surface area contributed by atoms with Crippen LogP contribution in [0.15, 0.2) is 23.3 Å². The lowest BCUT2D eigenvalue weighted by atomic mass is 10.2. The average Bonchev–Trinajstić information content (AvgIpc) is 2.20. The fourth-order valence-electron chi connectivity index (χ4n) is 0.924. The van der Waals surface area contributed by atoms with E-state index in [4.69, 9.17) is 5.73 Å². The first-order chi connectivity index (χ1) is 7.50. The van der Waals surface area contributed by atoms with Crippen LogP contribution in [0.25, 0.3) is 0 Å². The minimum absolute atomic E-state index is 0.0406. The standard InChI is InChI=1S/C8H8N4O3S/c9-8(16)11-10-4-5-3-6(12(14)15)1-2-7(5)13/h1-4,13H,(H3,9,11,16)/b10-4+. The van der Waals surface area contributed by atoms with Crippen LogP contribution in [0.5, 0.6) is 5.75 Å². The predicted octanol–water partition coefficient (Wildman–Crippen LogP) is 0.468. The van der Waals surface area contributed by atoms with Crippen LogP contribution in [-0.4, -0.2) is 21.4 Å². The van der Waals surface area contributed by atoms with Gasteiger partial charge in [0.1, 0.15) is 5.75 Å². The molecule has 0 saturated carbocycles. The third-order valence-electron chi connectivity index (χ3n) is 1.60. The molecule has 8 heteroatoms. The van der Waals surface area contributed by atoms with E-state index in [2.05, 4.69) is 22.7 Å². The highest BCUT2D eigenvalue weighted by Gasteiger charge is 2.08. The van der Waals surface area contributed by atoms with Gasteiger partial charge in [-0.3, -0.25) is 15.5 Å². The molecule has 0 radical (unpaired) electrons. The zero-order chi connectivity index (χ0) is 12.1. The number of phenols is 1. The summed E-state index contributed by atoms with van der Waals surface area (Å²) in [6.07, 6.45) is 1.18. The number of nitrogens with zero attached hydrogens (tertiary/aromatic N) is 2. The van der Waals surface area contributed by atoms with Gasteiger partial charge < -0.3 is 10.8 Å². The van der Waals surface area contributed by atoms with Crippen molar-refractivity contribution in [3.8, 4) is 5.75 Å². The van der Waals surface area contributed by atoms with Crippen LogP contribution in [0, 0.1) is 10.1 Å². The number of nitro benzene ring substituents is 1. The number of nitrogens with one attached hydrogen (secondary N) is 1. The largest absolute Gasteiger partial charge is 0.507 e. The Hall–Kier alpha value is -2.22. The quantitative estimate of drug-likeness (QED) is 0.306. The Morgan fingerprint density at radius 3 is 2.94 bits per heavy atom. The van der Waals surface area contributed by atoms with E-state index >= 15 is 0 Å². The number of hydrazone groups is 1. The highest BCUT2D eigenvalue weighted by molar-refractivity contribution is 7.80. The number of aromatic hydroxyl groups is 1. The van der Waals surface area contributed by atoms with E-state index in [9.17, 15) is 15.2 Å². The summed E-state index contributed by atoms with van der Waals surface area (Å²) in [5.41, 5.74) is 7.42. The topological polar surface area (TPSA) is 114 Å². The molecule has 0 aliphatic heterocycles. The van der Waals surface area contributed by atoms with Gasteiger partial charge in [-0.05, 0) is 18.3 Å². The molecule has 1 aromatic rings. The monoisotopic (exact) mass is 240 g/mol. The molecule has 0 spiro atoms. The first kappa shape index (κ1) is 11.9. The predicted molar refractivity (Wildman–Crippen MR) is 62.3 cm³/mol. The van der Waals surface area contributed by atoms with Crippen molar-refractivity contribution >= 4 is 29.2 Å². The van der Waals surface area contributed by atoms with Crippen molar-refractivity contribution in [2.45, 2.75) is 0 Å². The van der Waals surface area contributed by atoms with Gasteiger partial charge in [0.25, 0.3) is 5.69 Å². The average molecular weight is 240 g/mol. The summed E-state index contributed by atoms with van der Waals surface area (Å²) in [7, 11) is 0. The number of non-ortho nitro benzene ring substituents is 1. The zero-order valence-electron chi connectivity index (χ0n) is 7.95. The molecule has 0 bridgehead atoms. The molecule has 1 rings (SSSR count). The van der Waals surface area contributed by atoms with Crippen LogP contribution in [0.1, 0.15) is 5.56 Å². The molecule has 16 heavy (non-hydrogen) atoms. The number of hydrogen-bond acceptors (Lipinski definition) is 5. The lowest BCUT2D eigenvalue weighted by Gasteiger charge is -1.98. The maximum Gasteiger partial charge on any atom is 0.270 e. The number of thiocarbonyl (C=S) groups is 1. The fourth-order valence-corrected chi connectivity index (χ4v) is 0.977. The van der Waals surface area contributed by atoms with Crippen molar-refractivity contribution < 1.29 is 10.0 Å². The van der Waals surface area contributed by atoms with E-state index in [0.717, 1.165) is 0 Å². The van der Waals surface area contributed by atoms with Crippen LogP contribution < -0.4 is 11.2 Å². The second kappa shape index (κ2) is 5.03. The van der Waals surface area contributed by atoms with Crippen molar-refractivity contribution in [2.24, 2.45) is 10.8 Å². The second-order valence-electron chi connectivity index (χ2n) is 2.73. The highest BCUT2D eigenvalue weighted by Crippen LogP contribution is 2.20. The first-order valence-corrected chi connectivity index (χ1v) is 4.47. The maximum absolute atomic E-state index is 10.5. The van der Waals surface area contributed by atoms with Crippen LogP contribution in [-0.2, 0) is 0 Å². The van der Waals surface area contributed by atoms with Crippen molar-refractivity contribution in [1.82, 2.24) is 5.43 Å². The number of nitro groups is 1. The van der Waals surface area contributed by atoms with Crippen molar-refractivity contribution in [3.05, 3.63) is 33.9 Å². The SMILES string of the molecule is NC(=S)N/N=C/c1cc([N+](=O)[O-])ccc1O. The molecule has 0 amide bonds. The van der Waals surface area contributed by atoms with Gasteiger partial charge in [0.2, 0.25) is 0 Å². The van der Waals surface area contributed by atoms with Crippen molar-refractivity contribution in [3.63, 3.8) is 0 Å². The molecule has 0 aliphatic carbocycles. The molecule has 7 nitrogen and oxygen atoms in total. The Bertz CT molecular complexity index is 461. The molecule has 0 aliphatic rings. The van der Waals surface area contributed by atoms with Crippen LogP contribution in [0.3, 0.4) is 0 Å². The Morgan fingerprint density at radius 2 is 2.38 bits per heavy atom.